The van der Waals surface area contributed by atoms with Crippen LogP contribution in [0.15, 0.2) is 17.5 Å². The lowest BCUT2D eigenvalue weighted by Crippen LogP contribution is -2.34. The molecule has 0 aliphatic rings. The molecule has 0 saturated carbocycles. The first-order chi connectivity index (χ1) is 8.11. The van der Waals surface area contributed by atoms with Crippen LogP contribution < -0.4 is 11.1 Å². The number of hydrogen-bond acceptors (Lipinski definition) is 3. The third-order valence-electron chi connectivity index (χ3n) is 2.76. The van der Waals surface area contributed by atoms with Crippen molar-refractivity contribution in [2.45, 2.75) is 39.2 Å². The van der Waals surface area contributed by atoms with Gasteiger partial charge in [0, 0.05) is 23.8 Å². The first-order valence-corrected chi connectivity index (χ1v) is 7.01. The molecule has 0 aliphatic heterocycles. The van der Waals surface area contributed by atoms with Gasteiger partial charge in [0.05, 0.1) is 0 Å². The summed E-state index contributed by atoms with van der Waals surface area (Å²) in [5.74, 6) is 0.558. The maximum Gasteiger partial charge on any atom is 0.220 e. The van der Waals surface area contributed by atoms with Crippen LogP contribution in [-0.4, -0.2) is 18.5 Å². The third-order valence-corrected chi connectivity index (χ3v) is 3.66. The van der Waals surface area contributed by atoms with Gasteiger partial charge in [0.2, 0.25) is 5.91 Å². The van der Waals surface area contributed by atoms with Gasteiger partial charge in [-0.3, -0.25) is 4.79 Å². The molecule has 0 fully saturated rings. The van der Waals surface area contributed by atoms with E-state index in [2.05, 4.69) is 23.7 Å². The number of carbonyl (C=O) groups excluding carboxylic acids is 1. The highest BCUT2D eigenvalue weighted by molar-refractivity contribution is 7.09. The zero-order chi connectivity index (χ0) is 12.7. The van der Waals surface area contributed by atoms with Crippen molar-refractivity contribution in [1.82, 2.24) is 5.32 Å². The van der Waals surface area contributed by atoms with E-state index in [1.54, 1.807) is 11.3 Å². The highest BCUT2D eigenvalue weighted by Crippen LogP contribution is 2.11. The average Bonchev–Trinajstić information content (AvgIpc) is 2.78. The monoisotopic (exact) mass is 254 g/mol. The molecule has 2 unspecified atom stereocenters. The van der Waals surface area contributed by atoms with E-state index < -0.39 is 0 Å². The molecule has 0 bridgehead atoms. The van der Waals surface area contributed by atoms with E-state index in [-0.39, 0.29) is 11.9 Å². The molecular weight excluding hydrogens is 232 g/mol. The second-order valence-corrected chi connectivity index (χ2v) is 5.66. The molecule has 0 aliphatic carbocycles. The zero-order valence-electron chi connectivity index (χ0n) is 10.6. The van der Waals surface area contributed by atoms with Gasteiger partial charge >= 0.3 is 0 Å². The summed E-state index contributed by atoms with van der Waals surface area (Å²) in [6.07, 6.45) is 2.36. The second-order valence-electron chi connectivity index (χ2n) is 4.63. The normalized spacial score (nSPS) is 14.3. The van der Waals surface area contributed by atoms with Crippen LogP contribution in [0, 0.1) is 5.92 Å². The van der Waals surface area contributed by atoms with Crippen molar-refractivity contribution >= 4 is 17.2 Å². The van der Waals surface area contributed by atoms with E-state index in [0.29, 0.717) is 18.9 Å². The van der Waals surface area contributed by atoms with Gasteiger partial charge in [-0.2, -0.15) is 0 Å². The predicted molar refractivity (Wildman–Crippen MR) is 73.1 cm³/mol. The molecule has 0 aromatic carbocycles. The van der Waals surface area contributed by atoms with Crippen LogP contribution in [0.25, 0.3) is 0 Å². The summed E-state index contributed by atoms with van der Waals surface area (Å²) in [6.45, 7) is 4.77. The van der Waals surface area contributed by atoms with Crippen molar-refractivity contribution in [2.75, 3.05) is 6.54 Å². The Labute approximate surface area is 107 Å². The Balaban J connectivity index is 2.21. The van der Waals surface area contributed by atoms with Gasteiger partial charge in [-0.15, -0.1) is 11.3 Å². The third kappa shape index (κ3) is 5.84. The summed E-state index contributed by atoms with van der Waals surface area (Å²) in [5.41, 5.74) is 5.52. The van der Waals surface area contributed by atoms with E-state index in [1.165, 1.54) is 4.88 Å². The number of amides is 1. The van der Waals surface area contributed by atoms with Crippen LogP contribution >= 0.6 is 11.3 Å². The van der Waals surface area contributed by atoms with Crippen molar-refractivity contribution in [2.24, 2.45) is 11.7 Å². The minimum absolute atomic E-state index is 0.134. The van der Waals surface area contributed by atoms with E-state index in [9.17, 15) is 4.79 Å². The van der Waals surface area contributed by atoms with Crippen LogP contribution in [-0.2, 0) is 11.2 Å². The van der Waals surface area contributed by atoms with E-state index in [1.807, 2.05) is 13.0 Å². The van der Waals surface area contributed by atoms with Gasteiger partial charge < -0.3 is 11.1 Å². The van der Waals surface area contributed by atoms with Gasteiger partial charge in [0.15, 0.2) is 0 Å². The first-order valence-electron chi connectivity index (χ1n) is 6.13. The van der Waals surface area contributed by atoms with Crippen molar-refractivity contribution in [1.29, 1.82) is 0 Å². The second kappa shape index (κ2) is 7.45. The van der Waals surface area contributed by atoms with Gasteiger partial charge in [-0.1, -0.05) is 13.0 Å². The van der Waals surface area contributed by atoms with Gasteiger partial charge in [0.1, 0.15) is 0 Å². The Bertz CT molecular complexity index is 324. The topological polar surface area (TPSA) is 55.1 Å². The predicted octanol–water partition coefficient (Wildman–Crippen LogP) is 2.17. The zero-order valence-corrected chi connectivity index (χ0v) is 11.4. The number of carbonyl (C=O) groups is 1. The maximum atomic E-state index is 11.7. The minimum Gasteiger partial charge on any atom is -0.353 e. The number of thiophene rings is 1. The fourth-order valence-electron chi connectivity index (χ4n) is 1.62. The van der Waals surface area contributed by atoms with Gasteiger partial charge in [-0.25, -0.2) is 0 Å². The summed E-state index contributed by atoms with van der Waals surface area (Å²) in [6, 6.07) is 4.34. The summed E-state index contributed by atoms with van der Waals surface area (Å²) in [4.78, 5) is 13.0. The molecule has 3 N–H and O–H groups in total. The van der Waals surface area contributed by atoms with Crippen LogP contribution in [0.5, 0.6) is 0 Å². The molecule has 4 heteroatoms. The fraction of sp³-hybridized carbons (Fsp3) is 0.615. The summed E-state index contributed by atoms with van der Waals surface area (Å²) < 4.78 is 0. The largest absolute Gasteiger partial charge is 0.353 e. The number of rotatable bonds is 7. The molecular formula is C13H22N2OS. The van der Waals surface area contributed by atoms with Crippen molar-refractivity contribution in [3.05, 3.63) is 22.4 Å². The molecule has 2 atom stereocenters. The molecule has 1 amide bonds. The Morgan fingerprint density at radius 2 is 2.29 bits per heavy atom. The number of nitrogens with one attached hydrogen (secondary N) is 1. The lowest BCUT2D eigenvalue weighted by Gasteiger charge is -2.14. The van der Waals surface area contributed by atoms with E-state index in [0.717, 1.165) is 12.8 Å². The lowest BCUT2D eigenvalue weighted by molar-refractivity contribution is -0.121. The van der Waals surface area contributed by atoms with Gasteiger partial charge in [0.25, 0.3) is 0 Å². The highest BCUT2D eigenvalue weighted by atomic mass is 32.1. The Kier molecular flexibility index (Phi) is 6.22. The van der Waals surface area contributed by atoms with Crippen LogP contribution in [0.3, 0.4) is 0 Å². The van der Waals surface area contributed by atoms with E-state index in [4.69, 9.17) is 5.73 Å². The molecule has 3 nitrogen and oxygen atoms in total. The number of nitrogens with two attached hydrogens (primary N) is 1. The molecule has 1 aromatic rings. The minimum atomic E-state index is 0.134. The van der Waals surface area contributed by atoms with E-state index >= 15 is 0 Å². The molecule has 17 heavy (non-hydrogen) atoms. The summed E-state index contributed by atoms with van der Waals surface area (Å²) in [7, 11) is 0. The SMILES string of the molecule is CC(CN)CCC(=O)NC(C)Cc1cccs1. The molecule has 1 heterocycles. The molecule has 0 radical (unpaired) electrons. The first kappa shape index (κ1) is 14.2. The molecule has 1 aromatic heterocycles. The standard InChI is InChI=1S/C13H22N2OS/c1-10(9-14)5-6-13(16)15-11(2)8-12-4-3-7-17-12/h3-4,7,10-11H,5-6,8-9,14H2,1-2H3,(H,15,16). The fourth-order valence-corrected chi connectivity index (χ4v) is 2.46. The van der Waals surface area contributed by atoms with Crippen molar-refractivity contribution in [3.8, 4) is 0 Å². The Morgan fingerprint density at radius 1 is 1.53 bits per heavy atom. The van der Waals surface area contributed by atoms with Crippen LogP contribution in [0.1, 0.15) is 31.6 Å². The quantitative estimate of drug-likeness (QED) is 0.783. The lowest BCUT2D eigenvalue weighted by atomic mass is 10.1. The maximum absolute atomic E-state index is 11.7. The van der Waals surface area contributed by atoms with Crippen LogP contribution in [0.2, 0.25) is 0 Å². The Morgan fingerprint density at radius 3 is 2.88 bits per heavy atom. The highest BCUT2D eigenvalue weighted by Gasteiger charge is 2.09. The van der Waals surface area contributed by atoms with Crippen molar-refractivity contribution < 1.29 is 4.79 Å². The van der Waals surface area contributed by atoms with Crippen molar-refractivity contribution in [3.63, 3.8) is 0 Å². The molecule has 0 spiro atoms. The summed E-state index contributed by atoms with van der Waals surface area (Å²) in [5, 5.41) is 5.09. The van der Waals surface area contributed by atoms with Gasteiger partial charge in [-0.05, 0) is 37.3 Å². The number of hydrogen-bond donors (Lipinski definition) is 2. The molecule has 1 rings (SSSR count). The smallest absolute Gasteiger partial charge is 0.220 e. The molecule has 0 saturated heterocycles. The van der Waals surface area contributed by atoms with Crippen LogP contribution in [0.4, 0.5) is 0 Å². The summed E-state index contributed by atoms with van der Waals surface area (Å²) >= 11 is 1.73. The average molecular weight is 254 g/mol. The Hall–Kier alpha value is -0.870. The molecule has 96 valence electrons.